The molecule has 1 aliphatic carbocycles. The zero-order valence-corrected chi connectivity index (χ0v) is 19.0. The molecule has 6 nitrogen and oxygen atoms in total. The highest BCUT2D eigenvalue weighted by Gasteiger charge is 2.23. The van der Waals surface area contributed by atoms with Gasteiger partial charge in [0.2, 0.25) is 0 Å². The van der Waals surface area contributed by atoms with Crippen LogP contribution in [-0.2, 0) is 0 Å². The van der Waals surface area contributed by atoms with Crippen molar-refractivity contribution in [1.82, 2.24) is 4.90 Å². The second-order valence-electron chi connectivity index (χ2n) is 9.04. The molecule has 1 aliphatic heterocycles. The maximum Gasteiger partial charge on any atom is 0.163 e. The third kappa shape index (κ3) is 6.08. The molecule has 2 aromatic rings. The molecule has 2 aliphatic rings. The van der Waals surface area contributed by atoms with E-state index in [9.17, 15) is 5.11 Å². The average molecular weight is 441 g/mol. The smallest absolute Gasteiger partial charge is 0.163 e. The maximum absolute atomic E-state index is 10.5. The van der Waals surface area contributed by atoms with Crippen LogP contribution in [0.4, 0.5) is 5.69 Å². The molecule has 2 aromatic carbocycles. The first kappa shape index (κ1) is 22.7. The molecular formula is C26H36N2O4. The summed E-state index contributed by atoms with van der Waals surface area (Å²) in [7, 11) is 1.59. The molecule has 1 heterocycles. The molecule has 1 saturated carbocycles. The zero-order valence-electron chi connectivity index (χ0n) is 19.0. The molecule has 1 saturated heterocycles. The number of nitrogen functional groups attached to an aromatic ring is 1. The SMILES string of the molecule is COc1ccc(N)cc1OCC(O)CN1CCC(c2ccc(OC3CCCC3)cc2)CC1. The van der Waals surface area contributed by atoms with Gasteiger partial charge in [0.25, 0.3) is 0 Å². The molecule has 2 fully saturated rings. The van der Waals surface area contributed by atoms with Crippen molar-refractivity contribution in [3.8, 4) is 17.2 Å². The molecule has 0 aromatic heterocycles. The van der Waals surface area contributed by atoms with E-state index >= 15 is 0 Å². The fourth-order valence-corrected chi connectivity index (χ4v) is 4.81. The molecule has 6 heteroatoms. The van der Waals surface area contributed by atoms with Gasteiger partial charge >= 0.3 is 0 Å². The molecule has 32 heavy (non-hydrogen) atoms. The van der Waals surface area contributed by atoms with E-state index in [1.54, 1.807) is 25.3 Å². The van der Waals surface area contributed by atoms with E-state index in [4.69, 9.17) is 19.9 Å². The van der Waals surface area contributed by atoms with Gasteiger partial charge in [0.1, 0.15) is 18.5 Å². The molecule has 0 spiro atoms. The van der Waals surface area contributed by atoms with Crippen LogP contribution >= 0.6 is 0 Å². The van der Waals surface area contributed by atoms with Crippen molar-refractivity contribution in [2.45, 2.75) is 56.7 Å². The summed E-state index contributed by atoms with van der Waals surface area (Å²) in [6.45, 7) is 2.76. The molecule has 3 N–H and O–H groups in total. The number of ether oxygens (including phenoxy) is 3. The van der Waals surface area contributed by atoms with Crippen molar-refractivity contribution in [3.05, 3.63) is 48.0 Å². The largest absolute Gasteiger partial charge is 0.493 e. The maximum atomic E-state index is 10.5. The number of piperidine rings is 1. The van der Waals surface area contributed by atoms with Crippen molar-refractivity contribution < 1.29 is 19.3 Å². The summed E-state index contributed by atoms with van der Waals surface area (Å²) >= 11 is 0. The summed E-state index contributed by atoms with van der Waals surface area (Å²) in [5.41, 5.74) is 7.83. The van der Waals surface area contributed by atoms with Crippen LogP contribution in [0.1, 0.15) is 50.0 Å². The number of hydrogen-bond donors (Lipinski definition) is 2. The first-order valence-corrected chi connectivity index (χ1v) is 11.8. The summed E-state index contributed by atoms with van der Waals surface area (Å²) in [4.78, 5) is 2.32. The van der Waals surface area contributed by atoms with E-state index in [0.717, 1.165) is 31.7 Å². The van der Waals surface area contributed by atoms with Crippen molar-refractivity contribution in [3.63, 3.8) is 0 Å². The van der Waals surface area contributed by atoms with Gasteiger partial charge in [-0.3, -0.25) is 0 Å². The number of aliphatic hydroxyl groups is 1. The summed E-state index contributed by atoms with van der Waals surface area (Å²) < 4.78 is 17.2. The first-order valence-electron chi connectivity index (χ1n) is 11.8. The molecule has 0 amide bonds. The zero-order chi connectivity index (χ0) is 22.3. The van der Waals surface area contributed by atoms with Crippen LogP contribution in [-0.4, -0.2) is 55.6 Å². The van der Waals surface area contributed by atoms with Gasteiger partial charge in [0.15, 0.2) is 11.5 Å². The Bertz CT molecular complexity index is 843. The van der Waals surface area contributed by atoms with Crippen molar-refractivity contribution in [2.24, 2.45) is 0 Å². The molecule has 174 valence electrons. The number of β-amino-alcohol motifs (C(OH)–C–C–N with tert-alkyl or cyclic N) is 1. The van der Waals surface area contributed by atoms with E-state index in [2.05, 4.69) is 29.2 Å². The number of nitrogens with two attached hydrogens (primary N) is 1. The Morgan fingerprint density at radius 1 is 1.00 bits per heavy atom. The first-order chi connectivity index (χ1) is 15.6. The number of hydrogen-bond acceptors (Lipinski definition) is 6. The standard InChI is InChI=1S/C26H36N2O4/c1-30-25-11-8-21(27)16-26(25)31-18-22(29)17-28-14-12-20(13-15-28)19-6-9-24(10-7-19)32-23-4-2-3-5-23/h6-11,16,20,22-23,29H,2-5,12-15,17-18,27H2,1H3. The van der Waals surface area contributed by atoms with Gasteiger partial charge in [-0.15, -0.1) is 0 Å². The monoisotopic (exact) mass is 440 g/mol. The van der Waals surface area contributed by atoms with Crippen molar-refractivity contribution in [2.75, 3.05) is 39.1 Å². The Hall–Kier alpha value is -2.44. The summed E-state index contributed by atoms with van der Waals surface area (Å²) in [5, 5.41) is 10.5. The quantitative estimate of drug-likeness (QED) is 0.569. The predicted molar refractivity (Wildman–Crippen MR) is 127 cm³/mol. The topological polar surface area (TPSA) is 77.2 Å². The Labute approximate surface area is 191 Å². The lowest BCUT2D eigenvalue weighted by Gasteiger charge is -2.33. The van der Waals surface area contributed by atoms with Gasteiger partial charge in [0, 0.05) is 18.3 Å². The lowest BCUT2D eigenvalue weighted by Crippen LogP contribution is -2.40. The van der Waals surface area contributed by atoms with Crippen LogP contribution in [0.15, 0.2) is 42.5 Å². The predicted octanol–water partition coefficient (Wildman–Crippen LogP) is 4.22. The lowest BCUT2D eigenvalue weighted by atomic mass is 9.89. The van der Waals surface area contributed by atoms with Crippen LogP contribution in [0, 0.1) is 0 Å². The van der Waals surface area contributed by atoms with Crippen molar-refractivity contribution in [1.29, 1.82) is 0 Å². The minimum atomic E-state index is -0.565. The number of rotatable bonds is 9. The molecule has 4 rings (SSSR count). The fourth-order valence-electron chi connectivity index (χ4n) is 4.81. The number of nitrogens with zero attached hydrogens (tertiary/aromatic N) is 1. The average Bonchev–Trinajstić information content (AvgIpc) is 3.32. The highest BCUT2D eigenvalue weighted by Crippen LogP contribution is 2.31. The highest BCUT2D eigenvalue weighted by atomic mass is 16.5. The third-order valence-electron chi connectivity index (χ3n) is 6.63. The number of aliphatic hydroxyl groups excluding tert-OH is 1. The molecule has 0 radical (unpaired) electrons. The fraction of sp³-hybridized carbons (Fsp3) is 0.538. The Morgan fingerprint density at radius 3 is 2.41 bits per heavy atom. The van der Waals surface area contributed by atoms with Crippen molar-refractivity contribution >= 4 is 5.69 Å². The van der Waals surface area contributed by atoms with Crippen LogP contribution in [0.3, 0.4) is 0 Å². The third-order valence-corrected chi connectivity index (χ3v) is 6.63. The van der Waals surface area contributed by atoms with Gasteiger partial charge in [-0.05, 0) is 87.4 Å². The van der Waals surface area contributed by atoms with E-state index in [1.807, 2.05) is 0 Å². The van der Waals surface area contributed by atoms with Crippen LogP contribution in [0.2, 0.25) is 0 Å². The summed E-state index contributed by atoms with van der Waals surface area (Å²) in [6, 6.07) is 14.0. The molecular weight excluding hydrogens is 404 g/mol. The van der Waals surface area contributed by atoms with Gasteiger partial charge in [-0.2, -0.15) is 0 Å². The van der Waals surface area contributed by atoms with Gasteiger partial charge in [0.05, 0.1) is 13.2 Å². The van der Waals surface area contributed by atoms with E-state index in [1.165, 1.54) is 31.2 Å². The number of methoxy groups -OCH3 is 1. The Morgan fingerprint density at radius 2 is 1.72 bits per heavy atom. The minimum Gasteiger partial charge on any atom is -0.493 e. The summed E-state index contributed by atoms with van der Waals surface area (Å²) in [5.74, 6) is 2.74. The van der Waals surface area contributed by atoms with Crippen LogP contribution in [0.25, 0.3) is 0 Å². The van der Waals surface area contributed by atoms with Gasteiger partial charge in [-0.25, -0.2) is 0 Å². The van der Waals surface area contributed by atoms with Crippen LogP contribution < -0.4 is 19.9 Å². The number of likely N-dealkylation sites (tertiary alicyclic amines) is 1. The molecule has 0 bridgehead atoms. The number of benzene rings is 2. The Kier molecular flexibility index (Phi) is 7.76. The van der Waals surface area contributed by atoms with E-state index < -0.39 is 6.10 Å². The summed E-state index contributed by atoms with van der Waals surface area (Å²) in [6.07, 6.45) is 6.98. The highest BCUT2D eigenvalue weighted by molar-refractivity contribution is 5.51. The second kappa shape index (κ2) is 10.9. The van der Waals surface area contributed by atoms with E-state index in [0.29, 0.717) is 35.8 Å². The number of anilines is 1. The Balaban J connectivity index is 1.20. The normalized spacial score (nSPS) is 19.1. The van der Waals surface area contributed by atoms with Crippen LogP contribution in [0.5, 0.6) is 17.2 Å². The van der Waals surface area contributed by atoms with E-state index in [-0.39, 0.29) is 6.61 Å². The minimum absolute atomic E-state index is 0.211. The second-order valence-corrected chi connectivity index (χ2v) is 9.04. The van der Waals surface area contributed by atoms with Gasteiger partial charge in [-0.1, -0.05) is 12.1 Å². The lowest BCUT2D eigenvalue weighted by molar-refractivity contribution is 0.0586. The molecule has 1 unspecified atom stereocenters. The molecule has 1 atom stereocenters. The van der Waals surface area contributed by atoms with Gasteiger partial charge < -0.3 is 30.0 Å².